The monoisotopic (exact) mass is 451 g/mol. The lowest BCUT2D eigenvalue weighted by atomic mass is 10.1. The maximum Gasteiger partial charge on any atom is 0.179 e. The van der Waals surface area contributed by atoms with Crippen LogP contribution < -0.4 is 0 Å². The van der Waals surface area contributed by atoms with Crippen LogP contribution in [0.3, 0.4) is 0 Å². The fraction of sp³-hybridized carbons (Fsp3) is 0.308. The fourth-order valence-corrected chi connectivity index (χ4v) is 2.49. The van der Waals surface area contributed by atoms with Crippen molar-refractivity contribution < 1.29 is 0 Å². The van der Waals surface area contributed by atoms with Gasteiger partial charge in [0.2, 0.25) is 0 Å². The molecule has 2 aromatic rings. The summed E-state index contributed by atoms with van der Waals surface area (Å²) in [5.74, 6) is 1.10. The van der Waals surface area contributed by atoms with Crippen molar-refractivity contribution in [2.75, 3.05) is 0 Å². The van der Waals surface area contributed by atoms with Crippen molar-refractivity contribution in [1.82, 2.24) is 15.0 Å². The highest BCUT2D eigenvalue weighted by atomic mass is 127. The van der Waals surface area contributed by atoms with E-state index in [1.807, 2.05) is 12.1 Å². The Hall–Kier alpha value is -0.270. The van der Waals surface area contributed by atoms with Crippen LogP contribution in [-0.2, 0) is 6.42 Å². The summed E-state index contributed by atoms with van der Waals surface area (Å²) < 4.78 is 1.85. The Kier molecular flexibility index (Phi) is 5.14. The van der Waals surface area contributed by atoms with Crippen molar-refractivity contribution in [1.29, 1.82) is 0 Å². The Morgan fingerprint density at radius 1 is 1.32 bits per heavy atom. The summed E-state index contributed by atoms with van der Waals surface area (Å²) in [7, 11) is 0. The van der Waals surface area contributed by atoms with Crippen molar-refractivity contribution in [2.45, 2.75) is 20.3 Å². The van der Waals surface area contributed by atoms with E-state index in [0.717, 1.165) is 25.9 Å². The molecule has 0 aliphatic carbocycles. The van der Waals surface area contributed by atoms with Crippen LogP contribution in [0.2, 0.25) is 5.15 Å². The summed E-state index contributed by atoms with van der Waals surface area (Å²) in [6.45, 7) is 4.31. The van der Waals surface area contributed by atoms with Gasteiger partial charge in [0, 0.05) is 10.7 Å². The molecule has 19 heavy (non-hydrogen) atoms. The van der Waals surface area contributed by atoms with Gasteiger partial charge in [-0.3, -0.25) is 4.98 Å². The Bertz CT molecular complexity index is 587. The van der Waals surface area contributed by atoms with Crippen LogP contribution in [0.1, 0.15) is 19.5 Å². The highest BCUT2D eigenvalue weighted by Gasteiger charge is 2.13. The van der Waals surface area contributed by atoms with Crippen LogP contribution in [-0.4, -0.2) is 15.0 Å². The minimum atomic E-state index is 0.492. The van der Waals surface area contributed by atoms with Crippen molar-refractivity contribution in [3.05, 3.63) is 37.2 Å². The van der Waals surface area contributed by atoms with Crippen molar-refractivity contribution in [2.24, 2.45) is 5.92 Å². The SMILES string of the molecule is CC(C)Cc1nc(-c2ccc(Br)cn2)nc(Cl)c1I. The fourth-order valence-electron chi connectivity index (χ4n) is 1.61. The predicted octanol–water partition coefficient (Wildman–Crippen LogP) is 4.76. The maximum atomic E-state index is 6.19. The molecule has 0 radical (unpaired) electrons. The van der Waals surface area contributed by atoms with E-state index >= 15 is 0 Å². The molecular weight excluding hydrogens is 440 g/mol. The van der Waals surface area contributed by atoms with Gasteiger partial charge in [0.1, 0.15) is 10.8 Å². The minimum Gasteiger partial charge on any atom is -0.252 e. The maximum absolute atomic E-state index is 6.19. The summed E-state index contributed by atoms with van der Waals surface area (Å²) >= 11 is 11.7. The molecular formula is C13H12BrClIN3. The predicted molar refractivity (Wildman–Crippen MR) is 89.2 cm³/mol. The van der Waals surface area contributed by atoms with E-state index in [4.69, 9.17) is 11.6 Å². The first-order valence-electron chi connectivity index (χ1n) is 5.81. The Morgan fingerprint density at radius 2 is 2.05 bits per heavy atom. The van der Waals surface area contributed by atoms with Gasteiger partial charge in [-0.1, -0.05) is 25.4 Å². The zero-order valence-corrected chi connectivity index (χ0v) is 15.0. The average Bonchev–Trinajstić information content (AvgIpc) is 2.35. The molecule has 0 aliphatic rings. The van der Waals surface area contributed by atoms with Crippen LogP contribution in [0.4, 0.5) is 0 Å². The first-order valence-corrected chi connectivity index (χ1v) is 8.06. The second-order valence-electron chi connectivity index (χ2n) is 4.56. The van der Waals surface area contributed by atoms with Crippen molar-refractivity contribution >= 4 is 50.1 Å². The van der Waals surface area contributed by atoms with E-state index in [9.17, 15) is 0 Å². The van der Waals surface area contributed by atoms with E-state index in [1.165, 1.54) is 0 Å². The molecule has 0 spiro atoms. The van der Waals surface area contributed by atoms with Crippen LogP contribution in [0.5, 0.6) is 0 Å². The second-order valence-corrected chi connectivity index (χ2v) is 6.91. The molecule has 3 nitrogen and oxygen atoms in total. The first kappa shape index (κ1) is 15.1. The lowest BCUT2D eigenvalue weighted by molar-refractivity contribution is 0.632. The number of hydrogen-bond acceptors (Lipinski definition) is 3. The van der Waals surface area contributed by atoms with Crippen LogP contribution in [0.25, 0.3) is 11.5 Å². The molecule has 0 N–H and O–H groups in total. The minimum absolute atomic E-state index is 0.492. The number of rotatable bonds is 3. The van der Waals surface area contributed by atoms with E-state index in [-0.39, 0.29) is 0 Å². The molecule has 0 aliphatic heterocycles. The van der Waals surface area contributed by atoms with Gasteiger partial charge in [-0.15, -0.1) is 0 Å². The van der Waals surface area contributed by atoms with Gasteiger partial charge in [0.05, 0.1) is 9.26 Å². The Balaban J connectivity index is 2.46. The summed E-state index contributed by atoms with van der Waals surface area (Å²) in [6, 6.07) is 3.79. The van der Waals surface area contributed by atoms with E-state index in [2.05, 4.69) is 67.3 Å². The topological polar surface area (TPSA) is 38.7 Å². The molecule has 6 heteroatoms. The quantitative estimate of drug-likeness (QED) is 0.498. The van der Waals surface area contributed by atoms with Crippen LogP contribution in [0, 0.1) is 9.49 Å². The number of nitrogens with zero attached hydrogens (tertiary/aromatic N) is 3. The Morgan fingerprint density at radius 3 is 2.63 bits per heavy atom. The Labute approximate surface area is 139 Å². The lowest BCUT2D eigenvalue weighted by Crippen LogP contribution is -2.05. The zero-order valence-electron chi connectivity index (χ0n) is 10.5. The van der Waals surface area contributed by atoms with Crippen LogP contribution in [0.15, 0.2) is 22.8 Å². The molecule has 2 heterocycles. The van der Waals surface area contributed by atoms with Gasteiger partial charge in [0.15, 0.2) is 5.82 Å². The third-order valence-corrected chi connectivity index (χ3v) is 4.63. The number of halogens is 3. The molecule has 2 aromatic heterocycles. The third-order valence-electron chi connectivity index (χ3n) is 2.44. The normalized spacial score (nSPS) is 11.1. The highest BCUT2D eigenvalue weighted by molar-refractivity contribution is 14.1. The largest absolute Gasteiger partial charge is 0.252 e. The van der Waals surface area contributed by atoms with E-state index in [1.54, 1.807) is 6.20 Å². The van der Waals surface area contributed by atoms with Gasteiger partial charge in [-0.25, -0.2) is 9.97 Å². The second kappa shape index (κ2) is 6.45. The summed E-state index contributed by atoms with van der Waals surface area (Å²) in [6.07, 6.45) is 2.61. The van der Waals surface area contributed by atoms with E-state index < -0.39 is 0 Å². The summed E-state index contributed by atoms with van der Waals surface area (Å²) in [5, 5.41) is 0.492. The summed E-state index contributed by atoms with van der Waals surface area (Å²) in [5.41, 5.74) is 1.71. The van der Waals surface area contributed by atoms with Gasteiger partial charge in [-0.2, -0.15) is 0 Å². The first-order chi connectivity index (χ1) is 8.97. The molecule has 2 rings (SSSR count). The van der Waals surface area contributed by atoms with Gasteiger partial charge in [0.25, 0.3) is 0 Å². The average molecular weight is 453 g/mol. The lowest BCUT2D eigenvalue weighted by Gasteiger charge is -2.09. The van der Waals surface area contributed by atoms with Crippen molar-refractivity contribution in [3.63, 3.8) is 0 Å². The van der Waals surface area contributed by atoms with Crippen molar-refractivity contribution in [3.8, 4) is 11.5 Å². The molecule has 0 unspecified atom stereocenters. The third kappa shape index (κ3) is 3.86. The van der Waals surface area contributed by atoms with Gasteiger partial charge >= 0.3 is 0 Å². The molecule has 0 amide bonds. The molecule has 100 valence electrons. The molecule has 0 bridgehead atoms. The summed E-state index contributed by atoms with van der Waals surface area (Å²) in [4.78, 5) is 13.2. The number of pyridine rings is 1. The van der Waals surface area contributed by atoms with Crippen LogP contribution >= 0.6 is 50.1 Å². The van der Waals surface area contributed by atoms with E-state index in [0.29, 0.717) is 16.9 Å². The molecule has 0 fully saturated rings. The molecule has 0 saturated carbocycles. The highest BCUT2D eigenvalue weighted by Crippen LogP contribution is 2.25. The number of aromatic nitrogens is 3. The standard InChI is InChI=1S/C13H12BrClIN3/c1-7(2)5-10-11(16)12(15)19-13(18-10)9-4-3-8(14)6-17-9/h3-4,6-7H,5H2,1-2H3. The van der Waals surface area contributed by atoms with Gasteiger partial charge < -0.3 is 0 Å². The molecule has 0 atom stereocenters. The van der Waals surface area contributed by atoms with Gasteiger partial charge in [-0.05, 0) is 63.0 Å². The number of hydrogen-bond donors (Lipinski definition) is 0. The molecule has 0 saturated heterocycles. The smallest absolute Gasteiger partial charge is 0.179 e. The molecule has 0 aromatic carbocycles. The zero-order chi connectivity index (χ0) is 14.0.